The highest BCUT2D eigenvalue weighted by atomic mass is 32.2. The van der Waals surface area contributed by atoms with E-state index in [1.807, 2.05) is 4.90 Å². The molecule has 144 valence electrons. The third kappa shape index (κ3) is 5.96. The molecule has 0 bridgehead atoms. The number of benzene rings is 1. The average Bonchev–Trinajstić information content (AvgIpc) is 3.12. The predicted molar refractivity (Wildman–Crippen MR) is 97.4 cm³/mol. The van der Waals surface area contributed by atoms with E-state index in [-0.39, 0.29) is 36.2 Å². The van der Waals surface area contributed by atoms with Crippen LogP contribution >= 0.6 is 11.8 Å². The van der Waals surface area contributed by atoms with Crippen LogP contribution in [0.2, 0.25) is 0 Å². The van der Waals surface area contributed by atoms with Crippen molar-refractivity contribution in [3.63, 3.8) is 0 Å². The van der Waals surface area contributed by atoms with Gasteiger partial charge >= 0.3 is 5.97 Å². The SMILES string of the molecule is COCCC[NH+](CC(=O)OC)CC(=O)N1CCS[C@@H]1c1ccc(F)cc1. The molecule has 1 aliphatic rings. The van der Waals surface area contributed by atoms with Gasteiger partial charge in [0.15, 0.2) is 13.1 Å². The summed E-state index contributed by atoms with van der Waals surface area (Å²) >= 11 is 1.67. The number of thioether (sulfide) groups is 1. The molecule has 0 saturated carbocycles. The predicted octanol–water partition coefficient (Wildman–Crippen LogP) is 0.494. The Bertz CT molecular complexity index is 599. The van der Waals surface area contributed by atoms with E-state index in [1.165, 1.54) is 19.2 Å². The maximum absolute atomic E-state index is 13.2. The van der Waals surface area contributed by atoms with E-state index in [0.717, 1.165) is 22.6 Å². The van der Waals surface area contributed by atoms with Crippen molar-refractivity contribution in [2.45, 2.75) is 11.8 Å². The highest BCUT2D eigenvalue weighted by Gasteiger charge is 2.33. The van der Waals surface area contributed by atoms with Gasteiger partial charge in [-0.25, -0.2) is 9.18 Å². The van der Waals surface area contributed by atoms with Crippen molar-refractivity contribution in [3.05, 3.63) is 35.6 Å². The molecule has 0 spiro atoms. The van der Waals surface area contributed by atoms with E-state index in [0.29, 0.717) is 19.7 Å². The molecule has 26 heavy (non-hydrogen) atoms. The molecule has 0 aromatic heterocycles. The molecule has 1 amide bonds. The van der Waals surface area contributed by atoms with Gasteiger partial charge < -0.3 is 19.3 Å². The van der Waals surface area contributed by atoms with Crippen molar-refractivity contribution in [3.8, 4) is 0 Å². The van der Waals surface area contributed by atoms with E-state index in [9.17, 15) is 14.0 Å². The van der Waals surface area contributed by atoms with Gasteiger partial charge in [-0.1, -0.05) is 12.1 Å². The number of hydrogen-bond donors (Lipinski definition) is 1. The largest absolute Gasteiger partial charge is 0.465 e. The Labute approximate surface area is 157 Å². The summed E-state index contributed by atoms with van der Waals surface area (Å²) in [6, 6.07) is 6.26. The zero-order valence-corrected chi connectivity index (χ0v) is 16.0. The van der Waals surface area contributed by atoms with Crippen molar-refractivity contribution in [1.82, 2.24) is 4.90 Å². The minimum atomic E-state index is -0.337. The van der Waals surface area contributed by atoms with Gasteiger partial charge in [0.05, 0.1) is 20.3 Å². The third-order valence-electron chi connectivity index (χ3n) is 4.27. The van der Waals surface area contributed by atoms with Crippen LogP contribution in [-0.4, -0.2) is 69.5 Å². The molecule has 1 fully saturated rings. The average molecular weight is 385 g/mol. The molecule has 0 radical (unpaired) electrons. The number of ether oxygens (including phenoxy) is 2. The molecule has 1 aromatic carbocycles. The molecule has 1 aromatic rings. The molecule has 1 aliphatic heterocycles. The highest BCUT2D eigenvalue weighted by molar-refractivity contribution is 7.99. The van der Waals surface area contributed by atoms with Crippen LogP contribution in [0.3, 0.4) is 0 Å². The van der Waals surface area contributed by atoms with E-state index < -0.39 is 0 Å². The van der Waals surface area contributed by atoms with Gasteiger partial charge in [0, 0.05) is 25.8 Å². The number of quaternary nitrogens is 1. The molecular weight excluding hydrogens is 359 g/mol. The zero-order chi connectivity index (χ0) is 18.9. The third-order valence-corrected chi connectivity index (χ3v) is 5.53. The monoisotopic (exact) mass is 385 g/mol. The number of carbonyl (C=O) groups is 2. The van der Waals surface area contributed by atoms with E-state index in [2.05, 4.69) is 0 Å². The van der Waals surface area contributed by atoms with Crippen LogP contribution in [0.5, 0.6) is 0 Å². The van der Waals surface area contributed by atoms with Crippen LogP contribution in [0.4, 0.5) is 4.39 Å². The van der Waals surface area contributed by atoms with Gasteiger partial charge in [-0.3, -0.25) is 4.79 Å². The molecule has 6 nitrogen and oxygen atoms in total. The van der Waals surface area contributed by atoms with Gasteiger partial charge in [0.25, 0.3) is 5.91 Å². The number of esters is 1. The van der Waals surface area contributed by atoms with Crippen LogP contribution in [-0.2, 0) is 19.1 Å². The van der Waals surface area contributed by atoms with E-state index >= 15 is 0 Å². The second-order valence-corrected chi connectivity index (χ2v) is 7.33. The number of hydrogen-bond acceptors (Lipinski definition) is 5. The van der Waals surface area contributed by atoms with Gasteiger partial charge in [-0.15, -0.1) is 11.8 Å². The summed E-state index contributed by atoms with van der Waals surface area (Å²) in [4.78, 5) is 27.1. The van der Waals surface area contributed by atoms with E-state index in [4.69, 9.17) is 9.47 Å². The minimum Gasteiger partial charge on any atom is -0.465 e. The summed E-state index contributed by atoms with van der Waals surface area (Å²) in [5.41, 5.74) is 0.913. The van der Waals surface area contributed by atoms with Crippen LogP contribution < -0.4 is 4.90 Å². The highest BCUT2D eigenvalue weighted by Crippen LogP contribution is 2.37. The van der Waals surface area contributed by atoms with Crippen LogP contribution in [0.15, 0.2) is 24.3 Å². The van der Waals surface area contributed by atoms with Crippen molar-refractivity contribution in [1.29, 1.82) is 0 Å². The van der Waals surface area contributed by atoms with Crippen LogP contribution in [0.25, 0.3) is 0 Å². The Morgan fingerprint density at radius 1 is 1.27 bits per heavy atom. The molecule has 2 atom stereocenters. The lowest BCUT2D eigenvalue weighted by atomic mass is 10.2. The molecule has 8 heteroatoms. The fourth-order valence-electron chi connectivity index (χ4n) is 2.93. The maximum Gasteiger partial charge on any atom is 0.361 e. The molecule has 1 heterocycles. The minimum absolute atomic E-state index is 0.0133. The van der Waals surface area contributed by atoms with Crippen LogP contribution in [0.1, 0.15) is 17.4 Å². The van der Waals surface area contributed by atoms with Gasteiger partial charge in [0.2, 0.25) is 0 Å². The number of methoxy groups -OCH3 is 2. The molecule has 1 saturated heterocycles. The molecule has 0 aliphatic carbocycles. The summed E-state index contributed by atoms with van der Waals surface area (Å²) < 4.78 is 23.0. The maximum atomic E-state index is 13.2. The Kier molecular flexibility index (Phi) is 8.34. The second-order valence-electron chi connectivity index (χ2n) is 6.14. The summed E-state index contributed by atoms with van der Waals surface area (Å²) in [7, 11) is 2.97. The van der Waals surface area contributed by atoms with Crippen LogP contribution in [0, 0.1) is 5.82 Å². The van der Waals surface area contributed by atoms with Crippen molar-refractivity contribution in [2.24, 2.45) is 0 Å². The van der Waals surface area contributed by atoms with Crippen molar-refractivity contribution < 1.29 is 28.4 Å². The summed E-state index contributed by atoms with van der Waals surface area (Å²) in [5, 5.41) is -0.110. The molecule has 1 unspecified atom stereocenters. The molecule has 1 N–H and O–H groups in total. The van der Waals surface area contributed by atoms with Gasteiger partial charge in [-0.05, 0) is 17.7 Å². The number of amides is 1. The Balaban J connectivity index is 2.01. The fourth-order valence-corrected chi connectivity index (χ4v) is 4.20. The van der Waals surface area contributed by atoms with Crippen molar-refractivity contribution in [2.75, 3.05) is 52.8 Å². The first-order valence-corrected chi connectivity index (χ1v) is 9.66. The number of rotatable bonds is 9. The normalized spacial score (nSPS) is 18.0. The topological polar surface area (TPSA) is 60.3 Å². The first-order valence-electron chi connectivity index (χ1n) is 8.61. The molecule has 2 rings (SSSR count). The lowest BCUT2D eigenvalue weighted by Gasteiger charge is -2.26. The number of halogens is 1. The first kappa shape index (κ1) is 20.7. The lowest BCUT2D eigenvalue weighted by Crippen LogP contribution is -3.14. The number of carbonyl (C=O) groups excluding carboxylic acids is 2. The number of nitrogens with one attached hydrogen (secondary N) is 1. The Morgan fingerprint density at radius 3 is 2.65 bits per heavy atom. The summed E-state index contributed by atoms with van der Waals surface area (Å²) in [6.45, 7) is 2.24. The lowest BCUT2D eigenvalue weighted by molar-refractivity contribution is -0.885. The smallest absolute Gasteiger partial charge is 0.361 e. The first-order chi connectivity index (χ1) is 12.5. The van der Waals surface area contributed by atoms with Crippen molar-refractivity contribution >= 4 is 23.6 Å². The molecular formula is C18H26FN2O4S+. The number of nitrogens with zero attached hydrogens (tertiary/aromatic N) is 1. The Morgan fingerprint density at radius 2 is 2.00 bits per heavy atom. The van der Waals surface area contributed by atoms with E-state index in [1.54, 1.807) is 31.0 Å². The van der Waals surface area contributed by atoms with Gasteiger partial charge in [-0.2, -0.15) is 0 Å². The zero-order valence-electron chi connectivity index (χ0n) is 15.2. The fraction of sp³-hybridized carbons (Fsp3) is 0.556. The quantitative estimate of drug-likeness (QED) is 0.495. The summed E-state index contributed by atoms with van der Waals surface area (Å²) in [6.07, 6.45) is 0.756. The second kappa shape index (κ2) is 10.5. The Hall–Kier alpha value is -1.64. The standard InChI is InChI=1S/C18H25FN2O4S/c1-24-10-3-8-20(13-17(23)25-2)12-16(22)21-9-11-26-18(21)14-4-6-15(19)7-5-14/h4-7,18H,3,8-13H2,1-2H3/p+1/t18-/m1/s1. The summed E-state index contributed by atoms with van der Waals surface area (Å²) in [5.74, 6) is 0.197. The van der Waals surface area contributed by atoms with Gasteiger partial charge in [0.1, 0.15) is 11.2 Å².